The molecule has 0 saturated carbocycles. The Bertz CT molecular complexity index is 768. The average Bonchev–Trinajstić information content (AvgIpc) is 2.54. The van der Waals surface area contributed by atoms with Crippen LogP contribution in [0.25, 0.3) is 0 Å². The number of amides is 1. The van der Waals surface area contributed by atoms with Crippen LogP contribution in [0.1, 0.15) is 47.7 Å². The van der Waals surface area contributed by atoms with Gasteiger partial charge in [-0.15, -0.1) is 0 Å². The minimum Gasteiger partial charge on any atom is -0.493 e. The third-order valence-corrected chi connectivity index (χ3v) is 3.77. The average molecular weight is 341 g/mol. The maximum atomic E-state index is 12.0. The van der Waals surface area contributed by atoms with E-state index in [1.54, 1.807) is 12.1 Å². The highest BCUT2D eigenvalue weighted by atomic mass is 16.5. The van der Waals surface area contributed by atoms with Crippen LogP contribution in [0.2, 0.25) is 0 Å². The van der Waals surface area contributed by atoms with Crippen molar-refractivity contribution in [1.82, 2.24) is 0 Å². The molecular weight excluding hydrogens is 318 g/mol. The largest absolute Gasteiger partial charge is 0.493 e. The van der Waals surface area contributed by atoms with Gasteiger partial charge in [0.2, 0.25) is 5.91 Å². The van der Waals surface area contributed by atoms with E-state index in [0.717, 1.165) is 16.9 Å². The number of ether oxygens (including phenoxy) is 1. The molecule has 5 nitrogen and oxygen atoms in total. The molecule has 0 aliphatic heterocycles. The van der Waals surface area contributed by atoms with E-state index < -0.39 is 5.97 Å². The molecular formula is C20H23NO4. The number of hydrogen-bond donors (Lipinski definition) is 2. The highest BCUT2D eigenvalue weighted by molar-refractivity contribution is 5.93. The Hall–Kier alpha value is -2.82. The first-order chi connectivity index (χ1) is 11.9. The first-order valence-corrected chi connectivity index (χ1v) is 8.23. The van der Waals surface area contributed by atoms with Crippen molar-refractivity contribution in [2.24, 2.45) is 0 Å². The summed E-state index contributed by atoms with van der Waals surface area (Å²) in [6, 6.07) is 12.2. The molecule has 2 aromatic rings. The number of rotatable bonds is 7. The van der Waals surface area contributed by atoms with Gasteiger partial charge in [0.1, 0.15) is 5.75 Å². The molecule has 0 saturated heterocycles. The molecule has 132 valence electrons. The van der Waals surface area contributed by atoms with Crippen LogP contribution in [-0.4, -0.2) is 23.6 Å². The normalized spacial score (nSPS) is 10.6. The number of anilines is 1. The van der Waals surface area contributed by atoms with Crippen molar-refractivity contribution in [3.8, 4) is 5.75 Å². The zero-order valence-corrected chi connectivity index (χ0v) is 14.7. The van der Waals surface area contributed by atoms with Gasteiger partial charge in [-0.1, -0.05) is 32.0 Å². The fraction of sp³-hybridized carbons (Fsp3) is 0.300. The minimum atomic E-state index is -1.03. The first kappa shape index (κ1) is 18.5. The van der Waals surface area contributed by atoms with E-state index in [1.807, 2.05) is 25.1 Å². The maximum Gasteiger partial charge on any atom is 0.335 e. The van der Waals surface area contributed by atoms with Gasteiger partial charge in [-0.05, 0) is 48.2 Å². The van der Waals surface area contributed by atoms with Gasteiger partial charge < -0.3 is 15.2 Å². The number of carbonyl (C=O) groups excluding carboxylic acids is 1. The number of aromatic carboxylic acids is 1. The summed E-state index contributed by atoms with van der Waals surface area (Å²) >= 11 is 0. The van der Waals surface area contributed by atoms with Crippen molar-refractivity contribution < 1.29 is 19.4 Å². The Kier molecular flexibility index (Phi) is 6.17. The minimum absolute atomic E-state index is 0.135. The van der Waals surface area contributed by atoms with Crippen LogP contribution >= 0.6 is 0 Å². The third-order valence-electron chi connectivity index (χ3n) is 3.77. The van der Waals surface area contributed by atoms with Crippen LogP contribution in [0.15, 0.2) is 42.5 Å². The van der Waals surface area contributed by atoms with E-state index in [2.05, 4.69) is 19.2 Å². The predicted molar refractivity (Wildman–Crippen MR) is 97.4 cm³/mol. The Morgan fingerprint density at radius 2 is 1.92 bits per heavy atom. The van der Waals surface area contributed by atoms with Crippen LogP contribution in [0.3, 0.4) is 0 Å². The highest BCUT2D eigenvalue weighted by Crippen LogP contribution is 2.27. The standard InChI is InChI=1S/C20H23NO4/c1-13(2)17-8-7-14(3)11-18(17)25-10-9-19(22)21-16-6-4-5-15(12-16)20(23)24/h4-8,11-13H,9-10H2,1-3H3,(H,21,22)(H,23,24). The summed E-state index contributed by atoms with van der Waals surface area (Å²) in [7, 11) is 0. The summed E-state index contributed by atoms with van der Waals surface area (Å²) in [6.45, 7) is 6.45. The zero-order chi connectivity index (χ0) is 18.4. The van der Waals surface area contributed by atoms with Crippen LogP contribution < -0.4 is 10.1 Å². The number of benzene rings is 2. The second-order valence-corrected chi connectivity index (χ2v) is 6.23. The van der Waals surface area contributed by atoms with Gasteiger partial charge >= 0.3 is 5.97 Å². The number of hydrogen-bond acceptors (Lipinski definition) is 3. The van der Waals surface area contributed by atoms with Crippen molar-refractivity contribution in [2.75, 3.05) is 11.9 Å². The molecule has 5 heteroatoms. The lowest BCUT2D eigenvalue weighted by Gasteiger charge is -2.15. The summed E-state index contributed by atoms with van der Waals surface area (Å²) in [5.41, 5.74) is 2.81. The van der Waals surface area contributed by atoms with E-state index in [9.17, 15) is 9.59 Å². The molecule has 2 aromatic carbocycles. The Balaban J connectivity index is 1.92. The van der Waals surface area contributed by atoms with Gasteiger partial charge in [0.15, 0.2) is 0 Å². The van der Waals surface area contributed by atoms with Gasteiger partial charge in [-0.25, -0.2) is 4.79 Å². The molecule has 25 heavy (non-hydrogen) atoms. The zero-order valence-electron chi connectivity index (χ0n) is 14.7. The van der Waals surface area contributed by atoms with E-state index >= 15 is 0 Å². The van der Waals surface area contributed by atoms with Crippen LogP contribution in [0, 0.1) is 6.92 Å². The SMILES string of the molecule is Cc1ccc(C(C)C)c(OCCC(=O)Nc2cccc(C(=O)O)c2)c1. The fourth-order valence-electron chi connectivity index (χ4n) is 2.45. The van der Waals surface area contributed by atoms with E-state index in [0.29, 0.717) is 11.6 Å². The number of carbonyl (C=O) groups is 2. The molecule has 0 radical (unpaired) electrons. The van der Waals surface area contributed by atoms with E-state index in [4.69, 9.17) is 9.84 Å². The molecule has 0 unspecified atom stereocenters. The molecule has 0 spiro atoms. The monoisotopic (exact) mass is 341 g/mol. The lowest BCUT2D eigenvalue weighted by Crippen LogP contribution is -2.16. The number of nitrogens with one attached hydrogen (secondary N) is 1. The van der Waals surface area contributed by atoms with Crippen molar-refractivity contribution in [3.05, 3.63) is 59.2 Å². The van der Waals surface area contributed by atoms with Gasteiger partial charge in [-0.3, -0.25) is 4.79 Å². The predicted octanol–water partition coefficient (Wildman–Crippen LogP) is 4.22. The Morgan fingerprint density at radius 1 is 1.16 bits per heavy atom. The lowest BCUT2D eigenvalue weighted by molar-refractivity contribution is -0.116. The molecule has 1 amide bonds. The second-order valence-electron chi connectivity index (χ2n) is 6.23. The molecule has 0 aliphatic carbocycles. The number of carboxylic acid groups (broad SMARTS) is 1. The van der Waals surface area contributed by atoms with Gasteiger partial charge in [0.25, 0.3) is 0 Å². The molecule has 0 atom stereocenters. The van der Waals surface area contributed by atoms with Crippen molar-refractivity contribution >= 4 is 17.6 Å². The summed E-state index contributed by atoms with van der Waals surface area (Å²) in [5, 5.41) is 11.7. The summed E-state index contributed by atoms with van der Waals surface area (Å²) in [4.78, 5) is 23.0. The van der Waals surface area contributed by atoms with Crippen LogP contribution in [0.4, 0.5) is 5.69 Å². The number of aryl methyl sites for hydroxylation is 1. The summed E-state index contributed by atoms with van der Waals surface area (Å²) < 4.78 is 5.79. The third kappa shape index (κ3) is 5.35. The van der Waals surface area contributed by atoms with E-state index in [-0.39, 0.29) is 24.5 Å². The molecule has 2 rings (SSSR count). The highest BCUT2D eigenvalue weighted by Gasteiger charge is 2.10. The second kappa shape index (κ2) is 8.33. The van der Waals surface area contributed by atoms with Gasteiger partial charge in [0, 0.05) is 5.69 Å². The van der Waals surface area contributed by atoms with Gasteiger partial charge in [0.05, 0.1) is 18.6 Å². The Morgan fingerprint density at radius 3 is 2.60 bits per heavy atom. The quantitative estimate of drug-likeness (QED) is 0.790. The molecule has 0 fully saturated rings. The molecule has 0 bridgehead atoms. The van der Waals surface area contributed by atoms with Crippen LogP contribution in [-0.2, 0) is 4.79 Å². The first-order valence-electron chi connectivity index (χ1n) is 8.23. The fourth-order valence-corrected chi connectivity index (χ4v) is 2.45. The Labute approximate surface area is 147 Å². The van der Waals surface area contributed by atoms with Crippen molar-refractivity contribution in [1.29, 1.82) is 0 Å². The van der Waals surface area contributed by atoms with Crippen LogP contribution in [0.5, 0.6) is 5.75 Å². The summed E-state index contributed by atoms with van der Waals surface area (Å²) in [6.07, 6.45) is 0.183. The molecule has 0 aromatic heterocycles. The van der Waals surface area contributed by atoms with E-state index in [1.165, 1.54) is 12.1 Å². The maximum absolute atomic E-state index is 12.0. The van der Waals surface area contributed by atoms with Crippen molar-refractivity contribution in [3.63, 3.8) is 0 Å². The molecule has 0 aliphatic rings. The van der Waals surface area contributed by atoms with Gasteiger partial charge in [-0.2, -0.15) is 0 Å². The lowest BCUT2D eigenvalue weighted by atomic mass is 10.0. The summed E-state index contributed by atoms with van der Waals surface area (Å²) in [5.74, 6) is -0.111. The van der Waals surface area contributed by atoms with Crippen molar-refractivity contribution in [2.45, 2.75) is 33.1 Å². The smallest absolute Gasteiger partial charge is 0.335 e. The molecule has 0 heterocycles. The number of carboxylic acids is 1. The topological polar surface area (TPSA) is 75.6 Å². The molecule has 2 N–H and O–H groups in total.